The fraction of sp³-hybridized carbons (Fsp3) is 0.407. The number of benzene rings is 3. The third-order valence-corrected chi connectivity index (χ3v) is 16.2. The number of rotatable bonds is 23. The van der Waals surface area contributed by atoms with Crippen molar-refractivity contribution in [2.24, 2.45) is 0 Å². The number of nitrogens with zero attached hydrogens (tertiary/aromatic N) is 3. The monoisotopic (exact) mass is 1170 g/mol. The number of aliphatic hydroxyl groups is 2. The molecule has 1 aliphatic heterocycles. The van der Waals surface area contributed by atoms with Gasteiger partial charge < -0.3 is 66.0 Å². The van der Waals surface area contributed by atoms with Crippen LogP contribution in [-0.4, -0.2) is 157 Å². The van der Waals surface area contributed by atoms with E-state index in [4.69, 9.17) is 29.4 Å². The molecule has 82 heavy (non-hydrogen) atoms. The summed E-state index contributed by atoms with van der Waals surface area (Å²) in [4.78, 5) is 132. The Morgan fingerprint density at radius 2 is 1.72 bits per heavy atom. The van der Waals surface area contributed by atoms with Crippen LogP contribution in [0.4, 0.5) is 16.4 Å². The van der Waals surface area contributed by atoms with E-state index in [1.165, 1.54) is 50.6 Å². The number of carbonyl (C=O) groups excluding carboxylic acids is 7. The summed E-state index contributed by atoms with van der Waals surface area (Å²) >= 11 is 0. The van der Waals surface area contributed by atoms with Gasteiger partial charge in [0, 0.05) is 65.1 Å². The van der Waals surface area contributed by atoms with Crippen molar-refractivity contribution < 1.29 is 77.4 Å². The molecule has 28 heteroatoms. The van der Waals surface area contributed by atoms with E-state index < -0.39 is 101 Å². The van der Waals surface area contributed by atoms with Gasteiger partial charge in [0.25, 0.3) is 11.5 Å². The van der Waals surface area contributed by atoms with E-state index >= 15 is 0 Å². The average Bonchev–Trinajstić information content (AvgIpc) is 3.45. The number of amides is 3. The van der Waals surface area contributed by atoms with Gasteiger partial charge in [-0.2, -0.15) is 4.98 Å². The molecule has 3 amide bonds. The normalized spacial score (nSPS) is 20.7. The summed E-state index contributed by atoms with van der Waals surface area (Å²) in [5.74, 6) is -4.69. The molecule has 434 valence electrons. The van der Waals surface area contributed by atoms with Crippen molar-refractivity contribution in [1.82, 2.24) is 35.9 Å². The standard InChI is InChI=1S/C54H59N9O17S2/c1-5-77-51(73)35(60-48(69)27-9-11-29(12-10-27)56-22-30-23-57-47-43(58-30)49(70)63-52(55)62-47)13-14-40(65)59-37(50(71)72)24-82-81-16-15-78-53(74)61-36-19-41(79-25(2)44(36)66)80-39-21-54(75,26(3)64)20-28-17-33-34(18-32(28)39)46(68)42-31(45(33)67)7-6-8-38(42)76-4/h6-12,17-18,23,25,35-37,39,41,44,56,66,75H,5,13-16,19-22,24H2,1-4H3,(H,59,65)(H,60,69)(H,61,74)(H,71,72)(H3,55,57,62,63,70)/t25-,35+,36+,37+,39-,41-,44+,54-/m0/s1. The number of carboxylic acids is 1. The smallest absolute Gasteiger partial charge is 0.407 e. The summed E-state index contributed by atoms with van der Waals surface area (Å²) < 4.78 is 28.3. The molecule has 5 aromatic rings. The SMILES string of the molecule is CCOC(=O)[C@@H](CCC(=O)N[C@H](CSSCCOC(=O)N[C@@H]1C[C@H](O[C@H]2C[C@](O)(C(C)=O)Cc3cc4c(cc32)C(=O)c2c(OC)cccc2C4=O)O[C@@H](C)[C@H]1O)C(=O)O)NC(=O)c1ccc(NCc2cnc3nc(N)[nH]c(=O)c3n2)cc1. The number of aromatic amines is 1. The summed E-state index contributed by atoms with van der Waals surface area (Å²) in [7, 11) is 3.63. The molecule has 0 saturated carbocycles. The van der Waals surface area contributed by atoms with E-state index in [0.29, 0.717) is 22.5 Å². The number of aliphatic hydroxyl groups excluding tert-OH is 1. The third kappa shape index (κ3) is 14.0. The molecule has 8 atom stereocenters. The number of H-pyrrole nitrogens is 1. The van der Waals surface area contributed by atoms with Gasteiger partial charge in [-0.3, -0.25) is 33.8 Å². The molecule has 2 aromatic heterocycles. The van der Waals surface area contributed by atoms with Crippen molar-refractivity contribution in [2.75, 3.05) is 42.9 Å². The van der Waals surface area contributed by atoms with Crippen molar-refractivity contribution in [3.05, 3.63) is 116 Å². The fourth-order valence-corrected chi connectivity index (χ4v) is 11.5. The summed E-state index contributed by atoms with van der Waals surface area (Å²) in [6.07, 6.45) is -4.77. The van der Waals surface area contributed by atoms with Gasteiger partial charge in [0.05, 0.1) is 56.0 Å². The molecular formula is C54H59N9O17S2. The number of alkyl carbamates (subject to hydrolysis) is 1. The molecule has 0 bridgehead atoms. The van der Waals surface area contributed by atoms with Crippen LogP contribution in [0.15, 0.2) is 65.6 Å². The number of aliphatic carboxylic acids is 1. The van der Waals surface area contributed by atoms with E-state index in [0.717, 1.165) is 21.6 Å². The van der Waals surface area contributed by atoms with Crippen LogP contribution in [0.25, 0.3) is 11.2 Å². The van der Waals surface area contributed by atoms with E-state index in [1.807, 2.05) is 0 Å². The highest BCUT2D eigenvalue weighted by Crippen LogP contribution is 2.44. The number of methoxy groups -OCH3 is 1. The second-order valence-electron chi connectivity index (χ2n) is 19.4. The highest BCUT2D eigenvalue weighted by Gasteiger charge is 2.46. The van der Waals surface area contributed by atoms with Gasteiger partial charge in [-0.25, -0.2) is 24.4 Å². The Balaban J connectivity index is 0.777. The van der Waals surface area contributed by atoms with Gasteiger partial charge in [0.1, 0.15) is 36.1 Å². The van der Waals surface area contributed by atoms with Crippen LogP contribution in [-0.2, 0) is 51.1 Å². The summed E-state index contributed by atoms with van der Waals surface area (Å²) in [5, 5.41) is 43.2. The minimum Gasteiger partial charge on any atom is -0.496 e. The Morgan fingerprint density at radius 3 is 2.44 bits per heavy atom. The molecule has 0 radical (unpaired) electrons. The van der Waals surface area contributed by atoms with Gasteiger partial charge in [-0.05, 0) is 80.8 Å². The second kappa shape index (κ2) is 26.3. The number of Topliss-reactive ketones (excluding diaryl/α,β-unsaturated/α-hetero) is 1. The number of nitrogens with two attached hydrogens (primary N) is 1. The predicted molar refractivity (Wildman–Crippen MR) is 295 cm³/mol. The fourth-order valence-electron chi connectivity index (χ4n) is 9.53. The summed E-state index contributed by atoms with van der Waals surface area (Å²) in [6, 6.07) is 10.4. The third-order valence-electron chi connectivity index (χ3n) is 13.8. The number of esters is 1. The first kappa shape index (κ1) is 60.1. The molecule has 10 N–H and O–H groups in total. The minimum absolute atomic E-state index is 0.0127. The van der Waals surface area contributed by atoms with Crippen molar-refractivity contribution in [1.29, 1.82) is 0 Å². The lowest BCUT2D eigenvalue weighted by atomic mass is 9.73. The van der Waals surface area contributed by atoms with Crippen molar-refractivity contribution in [3.63, 3.8) is 0 Å². The van der Waals surface area contributed by atoms with Crippen LogP contribution in [0, 0.1) is 0 Å². The zero-order valence-corrected chi connectivity index (χ0v) is 46.3. The first-order chi connectivity index (χ1) is 39.2. The zero-order valence-electron chi connectivity index (χ0n) is 44.7. The molecule has 0 spiro atoms. The Hall–Kier alpha value is -8.02. The molecule has 2 aliphatic carbocycles. The van der Waals surface area contributed by atoms with E-state index in [2.05, 4.69) is 41.2 Å². The number of fused-ring (bicyclic) bond motifs is 4. The summed E-state index contributed by atoms with van der Waals surface area (Å²) in [5.41, 5.74) is 5.76. The molecule has 1 saturated heterocycles. The number of nitrogen functional groups attached to an aromatic ring is 1. The zero-order chi connectivity index (χ0) is 59.0. The maximum Gasteiger partial charge on any atom is 0.407 e. The number of aromatic nitrogens is 4. The molecule has 1 fully saturated rings. The number of ketones is 3. The van der Waals surface area contributed by atoms with Gasteiger partial charge in [-0.15, -0.1) is 0 Å². The average molecular weight is 1170 g/mol. The van der Waals surface area contributed by atoms with E-state index in [9.17, 15) is 58.5 Å². The van der Waals surface area contributed by atoms with Gasteiger partial charge in [0.15, 0.2) is 34.8 Å². The molecule has 0 unspecified atom stereocenters. The summed E-state index contributed by atoms with van der Waals surface area (Å²) in [6.45, 7) is 4.39. The molecule has 8 rings (SSSR count). The van der Waals surface area contributed by atoms with Crippen LogP contribution in [0.1, 0.15) is 112 Å². The number of hydrogen-bond acceptors (Lipinski definition) is 23. The van der Waals surface area contributed by atoms with E-state index in [1.54, 1.807) is 38.1 Å². The first-order valence-corrected chi connectivity index (χ1v) is 28.3. The molecule has 3 aliphatic rings. The maximum atomic E-state index is 13.9. The largest absolute Gasteiger partial charge is 0.496 e. The van der Waals surface area contributed by atoms with Gasteiger partial charge in [0.2, 0.25) is 11.9 Å². The number of nitrogens with one attached hydrogen (secondary N) is 5. The second-order valence-corrected chi connectivity index (χ2v) is 22.0. The number of anilines is 2. The highest BCUT2D eigenvalue weighted by atomic mass is 33.1. The molecule has 3 aromatic carbocycles. The Labute approximate surface area is 475 Å². The van der Waals surface area contributed by atoms with Gasteiger partial charge >= 0.3 is 18.0 Å². The van der Waals surface area contributed by atoms with Crippen molar-refractivity contribution in [2.45, 2.75) is 108 Å². The number of hydrogen-bond donors (Lipinski definition) is 9. The van der Waals surface area contributed by atoms with Crippen molar-refractivity contribution >= 4 is 91.6 Å². The van der Waals surface area contributed by atoms with Crippen molar-refractivity contribution in [3.8, 4) is 5.75 Å². The predicted octanol–water partition coefficient (Wildman–Crippen LogP) is 2.70. The lowest BCUT2D eigenvalue weighted by Gasteiger charge is -2.42. The number of ether oxygens (including phenoxy) is 5. The number of carbonyl (C=O) groups is 8. The highest BCUT2D eigenvalue weighted by molar-refractivity contribution is 8.76. The van der Waals surface area contributed by atoms with Gasteiger partial charge in [-0.1, -0.05) is 33.7 Å². The quantitative estimate of drug-likeness (QED) is 0.0253. The van der Waals surface area contributed by atoms with E-state index in [-0.39, 0.29) is 114 Å². The molecule has 26 nitrogen and oxygen atoms in total. The molecular weight excluding hydrogens is 1110 g/mol. The lowest BCUT2D eigenvalue weighted by molar-refractivity contribution is -0.248. The van der Waals surface area contributed by atoms with Crippen LogP contribution >= 0.6 is 21.6 Å². The van der Waals surface area contributed by atoms with Crippen LogP contribution in [0.5, 0.6) is 5.75 Å². The Kier molecular flexibility index (Phi) is 19.2. The number of carboxylic acid groups (broad SMARTS) is 1. The maximum absolute atomic E-state index is 13.9. The topological polar surface area (TPSA) is 389 Å². The van der Waals surface area contributed by atoms with Crippen LogP contribution < -0.4 is 37.3 Å². The minimum atomic E-state index is -1.90. The van der Waals surface area contributed by atoms with Crippen LogP contribution in [0.3, 0.4) is 0 Å². The first-order valence-electron chi connectivity index (χ1n) is 25.8. The Morgan fingerprint density at radius 1 is 0.963 bits per heavy atom. The molecule has 3 heterocycles. The lowest BCUT2D eigenvalue weighted by Crippen LogP contribution is -2.55. The Bertz CT molecular complexity index is 3370. The van der Waals surface area contributed by atoms with Crippen LogP contribution in [0.2, 0.25) is 0 Å².